The molecule has 5 heteroatoms. The van der Waals surface area contributed by atoms with Crippen LogP contribution in [0.25, 0.3) is 0 Å². The van der Waals surface area contributed by atoms with E-state index in [9.17, 15) is 10.2 Å². The minimum absolute atomic E-state index is 0.0194. The van der Waals surface area contributed by atoms with E-state index < -0.39 is 11.5 Å². The highest BCUT2D eigenvalue weighted by atomic mass is 16.5. The summed E-state index contributed by atoms with van der Waals surface area (Å²) in [6.07, 6.45) is 2.00. The maximum absolute atomic E-state index is 12.9. The van der Waals surface area contributed by atoms with Gasteiger partial charge in [0, 0.05) is 30.9 Å². The van der Waals surface area contributed by atoms with Crippen LogP contribution in [0.4, 0.5) is 0 Å². The van der Waals surface area contributed by atoms with Crippen LogP contribution in [0, 0.1) is 0 Å². The zero-order valence-electron chi connectivity index (χ0n) is 22.1. The Labute approximate surface area is 230 Å². The SMILES string of the molecule is OCCC(c1ccccc1)C(O)(c1ccc(OCc2ccccc2)cc1)c1ccccc1OC1CCOCC1. The zero-order valence-corrected chi connectivity index (χ0v) is 22.1. The Balaban J connectivity index is 1.53. The molecule has 5 rings (SSSR count). The quantitative estimate of drug-likeness (QED) is 0.244. The van der Waals surface area contributed by atoms with Crippen molar-refractivity contribution in [1.29, 1.82) is 0 Å². The van der Waals surface area contributed by atoms with E-state index in [1.807, 2.05) is 109 Å². The molecular weight excluding hydrogens is 488 g/mol. The lowest BCUT2D eigenvalue weighted by Crippen LogP contribution is -2.37. The van der Waals surface area contributed by atoms with Gasteiger partial charge in [-0.1, -0.05) is 91.0 Å². The Kier molecular flexibility index (Phi) is 8.94. The Morgan fingerprint density at radius 1 is 0.795 bits per heavy atom. The van der Waals surface area contributed by atoms with Crippen molar-refractivity contribution in [3.63, 3.8) is 0 Å². The van der Waals surface area contributed by atoms with E-state index in [1.54, 1.807) is 0 Å². The van der Waals surface area contributed by atoms with Crippen molar-refractivity contribution in [2.45, 2.75) is 43.5 Å². The second-order valence-corrected chi connectivity index (χ2v) is 9.97. The largest absolute Gasteiger partial charge is 0.490 e. The Bertz CT molecular complexity index is 1290. The second kappa shape index (κ2) is 12.9. The number of ether oxygens (including phenoxy) is 3. The molecule has 0 radical (unpaired) electrons. The highest BCUT2D eigenvalue weighted by molar-refractivity contribution is 5.49. The lowest BCUT2D eigenvalue weighted by atomic mass is 9.71. The first kappa shape index (κ1) is 26.9. The van der Waals surface area contributed by atoms with Gasteiger partial charge >= 0.3 is 0 Å². The van der Waals surface area contributed by atoms with Crippen molar-refractivity contribution < 1.29 is 24.4 Å². The van der Waals surface area contributed by atoms with Gasteiger partial charge < -0.3 is 24.4 Å². The Morgan fingerprint density at radius 3 is 2.13 bits per heavy atom. The summed E-state index contributed by atoms with van der Waals surface area (Å²) in [5.41, 5.74) is 1.95. The van der Waals surface area contributed by atoms with Crippen LogP contribution in [-0.2, 0) is 16.9 Å². The molecule has 4 aromatic carbocycles. The van der Waals surface area contributed by atoms with Crippen LogP contribution in [0.15, 0.2) is 109 Å². The molecule has 0 amide bonds. The third kappa shape index (κ3) is 6.34. The molecule has 2 atom stereocenters. The van der Waals surface area contributed by atoms with Gasteiger partial charge in [0.25, 0.3) is 0 Å². The zero-order chi connectivity index (χ0) is 26.9. The van der Waals surface area contributed by atoms with E-state index in [4.69, 9.17) is 14.2 Å². The molecule has 0 aliphatic carbocycles. The minimum atomic E-state index is -1.47. The summed E-state index contributed by atoms with van der Waals surface area (Å²) in [4.78, 5) is 0. The molecule has 202 valence electrons. The first-order chi connectivity index (χ1) is 19.2. The average Bonchev–Trinajstić information content (AvgIpc) is 3.00. The number of aliphatic hydroxyl groups is 2. The van der Waals surface area contributed by atoms with Gasteiger partial charge in [-0.25, -0.2) is 0 Å². The molecule has 4 aromatic rings. The van der Waals surface area contributed by atoms with Crippen LogP contribution >= 0.6 is 0 Å². The van der Waals surface area contributed by atoms with Crippen LogP contribution in [0.5, 0.6) is 11.5 Å². The second-order valence-electron chi connectivity index (χ2n) is 9.97. The van der Waals surface area contributed by atoms with E-state index >= 15 is 0 Å². The first-order valence-corrected chi connectivity index (χ1v) is 13.7. The van der Waals surface area contributed by atoms with Crippen LogP contribution in [0.3, 0.4) is 0 Å². The fourth-order valence-electron chi connectivity index (χ4n) is 5.38. The lowest BCUT2D eigenvalue weighted by molar-refractivity contribution is 0.0152. The summed E-state index contributed by atoms with van der Waals surface area (Å²) >= 11 is 0. The number of hydrogen-bond donors (Lipinski definition) is 2. The highest BCUT2D eigenvalue weighted by Crippen LogP contribution is 2.48. The molecule has 0 spiro atoms. The van der Waals surface area contributed by atoms with E-state index in [0.29, 0.717) is 43.1 Å². The summed E-state index contributed by atoms with van der Waals surface area (Å²) < 4.78 is 18.0. The van der Waals surface area contributed by atoms with Gasteiger partial charge in [-0.05, 0) is 41.3 Å². The van der Waals surface area contributed by atoms with Crippen LogP contribution in [0.1, 0.15) is 47.4 Å². The minimum Gasteiger partial charge on any atom is -0.490 e. The van der Waals surface area contributed by atoms with Crippen molar-refractivity contribution >= 4 is 0 Å². The van der Waals surface area contributed by atoms with Gasteiger partial charge in [0.15, 0.2) is 0 Å². The molecule has 5 nitrogen and oxygen atoms in total. The number of benzene rings is 4. The van der Waals surface area contributed by atoms with Crippen LogP contribution in [-0.4, -0.2) is 36.1 Å². The molecule has 1 aliphatic rings. The average molecular weight is 525 g/mol. The highest BCUT2D eigenvalue weighted by Gasteiger charge is 2.43. The van der Waals surface area contributed by atoms with E-state index in [2.05, 4.69) is 0 Å². The topological polar surface area (TPSA) is 68.2 Å². The fraction of sp³-hybridized carbons (Fsp3) is 0.294. The molecule has 1 heterocycles. The molecule has 0 aromatic heterocycles. The van der Waals surface area contributed by atoms with Gasteiger partial charge in [0.05, 0.1) is 13.2 Å². The number of rotatable bonds is 11. The van der Waals surface area contributed by atoms with Gasteiger partial charge in [0.1, 0.15) is 29.8 Å². The molecule has 0 bridgehead atoms. The predicted octanol–water partition coefficient (Wildman–Crippen LogP) is 6.23. The first-order valence-electron chi connectivity index (χ1n) is 13.7. The summed E-state index contributed by atoms with van der Waals surface area (Å²) in [5.74, 6) is 0.949. The molecule has 2 N–H and O–H groups in total. The molecule has 2 unspecified atom stereocenters. The van der Waals surface area contributed by atoms with Crippen molar-refractivity contribution in [2.75, 3.05) is 19.8 Å². The van der Waals surface area contributed by atoms with Crippen molar-refractivity contribution in [2.24, 2.45) is 0 Å². The number of hydrogen-bond acceptors (Lipinski definition) is 5. The van der Waals surface area contributed by atoms with Gasteiger partial charge in [-0.3, -0.25) is 0 Å². The standard InChI is InChI=1S/C34H36O5/c35-22-19-31(27-11-5-2-6-12-27)34(36,32-13-7-8-14-33(32)39-30-20-23-37-24-21-30)28-15-17-29(18-16-28)38-25-26-9-3-1-4-10-26/h1-18,30-31,35-36H,19-25H2. The third-order valence-corrected chi connectivity index (χ3v) is 7.43. The van der Waals surface area contributed by atoms with Crippen LogP contribution in [0.2, 0.25) is 0 Å². The molecule has 0 saturated carbocycles. The van der Waals surface area contributed by atoms with Gasteiger partial charge in [-0.2, -0.15) is 0 Å². The Morgan fingerprint density at radius 2 is 1.44 bits per heavy atom. The van der Waals surface area contributed by atoms with Crippen molar-refractivity contribution in [1.82, 2.24) is 0 Å². The summed E-state index contributed by atoms with van der Waals surface area (Å²) in [6, 6.07) is 35.3. The molecule has 39 heavy (non-hydrogen) atoms. The smallest absolute Gasteiger partial charge is 0.126 e. The molecular formula is C34H36O5. The Hall–Kier alpha value is -3.64. The predicted molar refractivity (Wildman–Crippen MR) is 152 cm³/mol. The summed E-state index contributed by atoms with van der Waals surface area (Å²) in [5, 5.41) is 23.0. The van der Waals surface area contributed by atoms with Crippen molar-refractivity contribution in [3.8, 4) is 11.5 Å². The van der Waals surface area contributed by atoms with E-state index in [-0.39, 0.29) is 12.7 Å². The fourth-order valence-corrected chi connectivity index (χ4v) is 5.38. The van der Waals surface area contributed by atoms with E-state index in [0.717, 1.165) is 29.7 Å². The summed E-state index contributed by atoms with van der Waals surface area (Å²) in [6.45, 7) is 1.73. The van der Waals surface area contributed by atoms with Gasteiger partial charge in [0.2, 0.25) is 0 Å². The van der Waals surface area contributed by atoms with Crippen LogP contribution < -0.4 is 9.47 Å². The molecule has 1 saturated heterocycles. The number of para-hydroxylation sites is 1. The monoisotopic (exact) mass is 524 g/mol. The number of aliphatic hydroxyl groups excluding tert-OH is 1. The normalized spacial score (nSPS) is 16.3. The molecule has 1 aliphatic heterocycles. The summed E-state index contributed by atoms with van der Waals surface area (Å²) in [7, 11) is 0. The third-order valence-electron chi connectivity index (χ3n) is 7.43. The van der Waals surface area contributed by atoms with E-state index in [1.165, 1.54) is 0 Å². The lowest BCUT2D eigenvalue weighted by Gasteiger charge is -2.39. The maximum Gasteiger partial charge on any atom is 0.126 e. The van der Waals surface area contributed by atoms with Crippen molar-refractivity contribution in [3.05, 3.63) is 131 Å². The maximum atomic E-state index is 12.9. The van der Waals surface area contributed by atoms with Gasteiger partial charge in [-0.15, -0.1) is 0 Å². The molecule has 1 fully saturated rings.